The number of piperidine rings is 1. The Bertz CT molecular complexity index is 581. The Balaban J connectivity index is 0.00000312. The molecule has 1 heterocycles. The third-order valence-electron chi connectivity index (χ3n) is 4.38. The molecule has 3 N–H and O–H groups in total. The fourth-order valence-electron chi connectivity index (χ4n) is 2.84. The standard InChI is InChI=1S/C18H27N3O3.ClH/c1-13(2)16(22)20-14-5-4-6-15(11-14)21-17(23)18(12-24-3)7-9-19-10-8-18;/h4-6,11,13,19H,7-10,12H2,1-3H3,(H,20,22)(H,21,23);1H. The predicted molar refractivity (Wildman–Crippen MR) is 102 cm³/mol. The van der Waals surface area contributed by atoms with Crippen LogP contribution in [0.3, 0.4) is 0 Å². The van der Waals surface area contributed by atoms with Gasteiger partial charge in [0.05, 0.1) is 12.0 Å². The molecule has 0 atom stereocenters. The molecule has 0 bridgehead atoms. The molecule has 6 nitrogen and oxygen atoms in total. The molecule has 0 spiro atoms. The summed E-state index contributed by atoms with van der Waals surface area (Å²) in [7, 11) is 1.62. The Morgan fingerprint density at radius 3 is 2.36 bits per heavy atom. The van der Waals surface area contributed by atoms with Crippen molar-refractivity contribution in [3.8, 4) is 0 Å². The lowest BCUT2D eigenvalue weighted by molar-refractivity contribution is -0.130. The molecule has 0 aliphatic carbocycles. The average Bonchev–Trinajstić information content (AvgIpc) is 2.56. The van der Waals surface area contributed by atoms with E-state index < -0.39 is 5.41 Å². The van der Waals surface area contributed by atoms with Crippen molar-refractivity contribution in [1.82, 2.24) is 5.32 Å². The van der Waals surface area contributed by atoms with Crippen LogP contribution in [0.25, 0.3) is 0 Å². The van der Waals surface area contributed by atoms with Crippen molar-refractivity contribution >= 4 is 35.6 Å². The highest BCUT2D eigenvalue weighted by Gasteiger charge is 2.39. The number of amides is 2. The van der Waals surface area contributed by atoms with Crippen LogP contribution < -0.4 is 16.0 Å². The van der Waals surface area contributed by atoms with Gasteiger partial charge in [-0.15, -0.1) is 12.4 Å². The number of methoxy groups -OCH3 is 1. The van der Waals surface area contributed by atoms with Crippen LogP contribution in [0.1, 0.15) is 26.7 Å². The molecule has 0 unspecified atom stereocenters. The van der Waals surface area contributed by atoms with Crippen LogP contribution >= 0.6 is 12.4 Å². The van der Waals surface area contributed by atoms with Gasteiger partial charge in [0.2, 0.25) is 11.8 Å². The molecule has 0 radical (unpaired) electrons. The van der Waals surface area contributed by atoms with Crippen LogP contribution in [0, 0.1) is 11.3 Å². The van der Waals surface area contributed by atoms with Crippen molar-refractivity contribution in [3.05, 3.63) is 24.3 Å². The number of carbonyl (C=O) groups excluding carboxylic acids is 2. The summed E-state index contributed by atoms with van der Waals surface area (Å²) in [5, 5.41) is 9.10. The highest BCUT2D eigenvalue weighted by Crippen LogP contribution is 2.31. The minimum Gasteiger partial charge on any atom is -0.384 e. The van der Waals surface area contributed by atoms with Crippen molar-refractivity contribution in [3.63, 3.8) is 0 Å². The van der Waals surface area contributed by atoms with Gasteiger partial charge < -0.3 is 20.7 Å². The van der Waals surface area contributed by atoms with E-state index >= 15 is 0 Å². The van der Waals surface area contributed by atoms with Crippen molar-refractivity contribution in [1.29, 1.82) is 0 Å². The Morgan fingerprint density at radius 2 is 1.80 bits per heavy atom. The summed E-state index contributed by atoms with van der Waals surface area (Å²) >= 11 is 0. The van der Waals surface area contributed by atoms with E-state index in [-0.39, 0.29) is 30.1 Å². The lowest BCUT2D eigenvalue weighted by Gasteiger charge is -2.35. The zero-order valence-electron chi connectivity index (χ0n) is 15.1. The van der Waals surface area contributed by atoms with Gasteiger partial charge >= 0.3 is 0 Å². The summed E-state index contributed by atoms with van der Waals surface area (Å²) < 4.78 is 5.30. The van der Waals surface area contributed by atoms with E-state index in [0.717, 1.165) is 25.9 Å². The molecule has 1 aromatic rings. The van der Waals surface area contributed by atoms with Gasteiger partial charge in [-0.3, -0.25) is 9.59 Å². The van der Waals surface area contributed by atoms with E-state index in [2.05, 4.69) is 16.0 Å². The van der Waals surface area contributed by atoms with Gasteiger partial charge in [0.15, 0.2) is 0 Å². The summed E-state index contributed by atoms with van der Waals surface area (Å²) in [5.74, 6) is -0.172. The molecule has 25 heavy (non-hydrogen) atoms. The summed E-state index contributed by atoms with van der Waals surface area (Å²) in [6.45, 7) is 5.70. The highest BCUT2D eigenvalue weighted by atomic mass is 35.5. The molecule has 2 rings (SSSR count). The molecule has 0 aromatic heterocycles. The van der Waals surface area contributed by atoms with E-state index in [1.54, 1.807) is 13.2 Å². The van der Waals surface area contributed by atoms with Crippen LogP contribution in [-0.4, -0.2) is 38.6 Å². The first-order chi connectivity index (χ1) is 11.5. The van der Waals surface area contributed by atoms with Crippen LogP contribution in [0.5, 0.6) is 0 Å². The molecule has 2 amide bonds. The number of hydrogen-bond donors (Lipinski definition) is 3. The normalized spacial score (nSPS) is 16.0. The topological polar surface area (TPSA) is 79.5 Å². The van der Waals surface area contributed by atoms with Gasteiger partial charge in [0.25, 0.3) is 0 Å². The maximum Gasteiger partial charge on any atom is 0.233 e. The summed E-state index contributed by atoms with van der Waals surface area (Å²) in [6.07, 6.45) is 1.49. The van der Waals surface area contributed by atoms with E-state index in [1.807, 2.05) is 32.0 Å². The largest absolute Gasteiger partial charge is 0.384 e. The zero-order chi connectivity index (χ0) is 17.6. The maximum atomic E-state index is 12.8. The molecule has 1 aliphatic rings. The lowest BCUT2D eigenvalue weighted by Crippen LogP contribution is -2.47. The zero-order valence-corrected chi connectivity index (χ0v) is 15.9. The molecule has 1 aromatic carbocycles. The Kier molecular flexibility index (Phi) is 8.35. The minimum absolute atomic E-state index is 0. The van der Waals surface area contributed by atoms with E-state index in [1.165, 1.54) is 0 Å². The van der Waals surface area contributed by atoms with E-state index in [9.17, 15) is 9.59 Å². The number of rotatable bonds is 6. The summed E-state index contributed by atoms with van der Waals surface area (Å²) in [5.41, 5.74) is 0.852. The minimum atomic E-state index is -0.503. The number of hydrogen-bond acceptors (Lipinski definition) is 4. The number of anilines is 2. The molecule has 1 saturated heterocycles. The molecular formula is C18H28ClN3O3. The summed E-state index contributed by atoms with van der Waals surface area (Å²) in [6, 6.07) is 7.23. The van der Waals surface area contributed by atoms with Crippen LogP contribution in [0.15, 0.2) is 24.3 Å². The van der Waals surface area contributed by atoms with Crippen LogP contribution in [0.2, 0.25) is 0 Å². The Labute approximate surface area is 155 Å². The first-order valence-corrected chi connectivity index (χ1v) is 8.39. The molecular weight excluding hydrogens is 342 g/mol. The molecule has 0 saturated carbocycles. The predicted octanol–water partition coefficient (Wildman–Crippen LogP) is 2.66. The third kappa shape index (κ3) is 5.70. The van der Waals surface area contributed by atoms with Gasteiger partial charge in [-0.25, -0.2) is 0 Å². The second-order valence-electron chi connectivity index (χ2n) is 6.64. The first-order valence-electron chi connectivity index (χ1n) is 8.39. The first kappa shape index (κ1) is 21.4. The fraction of sp³-hybridized carbons (Fsp3) is 0.556. The highest BCUT2D eigenvalue weighted by molar-refractivity contribution is 5.97. The number of halogens is 1. The van der Waals surface area contributed by atoms with Crippen molar-refractivity contribution in [2.75, 3.05) is 37.4 Å². The van der Waals surface area contributed by atoms with Gasteiger partial charge in [-0.05, 0) is 44.1 Å². The monoisotopic (exact) mass is 369 g/mol. The van der Waals surface area contributed by atoms with E-state index in [4.69, 9.17) is 4.74 Å². The maximum absolute atomic E-state index is 12.8. The molecule has 140 valence electrons. The van der Waals surface area contributed by atoms with Crippen molar-refractivity contribution < 1.29 is 14.3 Å². The summed E-state index contributed by atoms with van der Waals surface area (Å²) in [4.78, 5) is 24.6. The van der Waals surface area contributed by atoms with Gasteiger partial charge in [0, 0.05) is 24.4 Å². The number of benzene rings is 1. The lowest BCUT2D eigenvalue weighted by atomic mass is 9.78. The van der Waals surface area contributed by atoms with E-state index in [0.29, 0.717) is 18.0 Å². The molecule has 1 aliphatic heterocycles. The molecule has 7 heteroatoms. The van der Waals surface area contributed by atoms with Crippen LogP contribution in [-0.2, 0) is 14.3 Å². The van der Waals surface area contributed by atoms with Crippen LogP contribution in [0.4, 0.5) is 11.4 Å². The average molecular weight is 370 g/mol. The van der Waals surface area contributed by atoms with Gasteiger partial charge in [-0.1, -0.05) is 19.9 Å². The van der Waals surface area contributed by atoms with Gasteiger partial charge in [-0.2, -0.15) is 0 Å². The third-order valence-corrected chi connectivity index (χ3v) is 4.38. The number of carbonyl (C=O) groups is 2. The smallest absolute Gasteiger partial charge is 0.233 e. The Hall–Kier alpha value is -1.63. The SMILES string of the molecule is COCC1(C(=O)Nc2cccc(NC(=O)C(C)C)c2)CCNCC1.Cl. The van der Waals surface area contributed by atoms with Gasteiger partial charge in [0.1, 0.15) is 0 Å². The Morgan fingerprint density at radius 1 is 1.20 bits per heavy atom. The quantitative estimate of drug-likeness (QED) is 0.720. The number of ether oxygens (including phenoxy) is 1. The second-order valence-corrected chi connectivity index (χ2v) is 6.64. The second kappa shape index (κ2) is 9.75. The number of nitrogens with one attached hydrogen (secondary N) is 3. The fourth-order valence-corrected chi connectivity index (χ4v) is 2.84. The molecule has 1 fully saturated rings. The van der Waals surface area contributed by atoms with Crippen molar-refractivity contribution in [2.45, 2.75) is 26.7 Å². The van der Waals surface area contributed by atoms with Crippen molar-refractivity contribution in [2.24, 2.45) is 11.3 Å².